The monoisotopic (exact) mass is 402 g/mol. The van der Waals surface area contributed by atoms with E-state index in [9.17, 15) is 4.39 Å². The third-order valence-corrected chi connectivity index (χ3v) is 5.35. The van der Waals surface area contributed by atoms with Gasteiger partial charge in [-0.25, -0.2) is 14.4 Å². The van der Waals surface area contributed by atoms with Crippen molar-refractivity contribution in [3.8, 4) is 16.9 Å². The minimum atomic E-state index is -0.999. The van der Waals surface area contributed by atoms with Gasteiger partial charge in [-0.15, -0.1) is 0 Å². The number of pyridine rings is 1. The highest BCUT2D eigenvalue weighted by Gasteiger charge is 2.38. The number of hydrogen-bond donors (Lipinski definition) is 1. The van der Waals surface area contributed by atoms with Crippen molar-refractivity contribution in [3.05, 3.63) is 83.4 Å². The number of methoxy groups -OCH3 is 1. The second kappa shape index (κ2) is 7.71. The first-order chi connectivity index (χ1) is 14.5. The van der Waals surface area contributed by atoms with E-state index in [-0.39, 0.29) is 5.82 Å². The van der Waals surface area contributed by atoms with Crippen molar-refractivity contribution in [2.45, 2.75) is 25.9 Å². The highest BCUT2D eigenvalue weighted by atomic mass is 19.1. The van der Waals surface area contributed by atoms with Crippen LogP contribution in [0.4, 0.5) is 4.39 Å². The number of nitrogens with zero attached hydrogens (tertiary/aromatic N) is 3. The molecule has 152 valence electrons. The maximum atomic E-state index is 13.7. The van der Waals surface area contributed by atoms with Gasteiger partial charge in [-0.1, -0.05) is 31.2 Å². The molecule has 0 aliphatic carbocycles. The summed E-state index contributed by atoms with van der Waals surface area (Å²) in [4.78, 5) is 13.6. The van der Waals surface area contributed by atoms with Gasteiger partial charge in [0, 0.05) is 22.9 Å². The van der Waals surface area contributed by atoms with Crippen LogP contribution in [0.5, 0.6) is 5.75 Å². The highest BCUT2D eigenvalue weighted by Crippen LogP contribution is 2.41. The van der Waals surface area contributed by atoms with Crippen molar-refractivity contribution in [1.29, 1.82) is 0 Å². The Bertz CT molecular complexity index is 1150. The number of halogens is 1. The molecule has 1 aliphatic rings. The molecule has 1 aromatic heterocycles. The van der Waals surface area contributed by atoms with Crippen LogP contribution in [0.2, 0.25) is 0 Å². The minimum Gasteiger partial charge on any atom is -0.496 e. The molecule has 2 N–H and O–H groups in total. The van der Waals surface area contributed by atoms with Crippen LogP contribution in [-0.2, 0) is 12.1 Å². The molecule has 0 saturated carbocycles. The summed E-state index contributed by atoms with van der Waals surface area (Å²) in [7, 11) is 1.66. The molecule has 5 nitrogen and oxygen atoms in total. The number of hydrogen-bond acceptors (Lipinski definition) is 5. The summed E-state index contributed by atoms with van der Waals surface area (Å²) < 4.78 is 19.2. The van der Waals surface area contributed by atoms with Gasteiger partial charge >= 0.3 is 0 Å². The number of ether oxygens (including phenoxy) is 1. The van der Waals surface area contributed by atoms with Crippen molar-refractivity contribution < 1.29 is 9.13 Å². The van der Waals surface area contributed by atoms with Gasteiger partial charge in [0.15, 0.2) is 0 Å². The van der Waals surface area contributed by atoms with Crippen LogP contribution in [0.25, 0.3) is 11.1 Å². The average molecular weight is 402 g/mol. The fourth-order valence-corrected chi connectivity index (χ4v) is 3.76. The van der Waals surface area contributed by atoms with Crippen molar-refractivity contribution in [3.63, 3.8) is 0 Å². The van der Waals surface area contributed by atoms with Gasteiger partial charge in [-0.05, 0) is 48.7 Å². The normalized spacial score (nSPS) is 18.1. The molecule has 1 atom stereocenters. The van der Waals surface area contributed by atoms with Crippen molar-refractivity contribution in [1.82, 2.24) is 4.98 Å². The molecule has 6 heteroatoms. The Labute approximate surface area is 175 Å². The van der Waals surface area contributed by atoms with E-state index in [2.05, 4.69) is 18.0 Å². The molecular weight excluding hydrogens is 379 g/mol. The molecule has 0 radical (unpaired) electrons. The Kier molecular flexibility index (Phi) is 5.08. The van der Waals surface area contributed by atoms with Crippen molar-refractivity contribution in [2.24, 2.45) is 15.7 Å². The number of nitrogens with two attached hydrogens (primary N) is 1. The summed E-state index contributed by atoms with van der Waals surface area (Å²) in [6, 6.07) is 15.2. The largest absolute Gasteiger partial charge is 0.496 e. The zero-order valence-electron chi connectivity index (χ0n) is 17.2. The van der Waals surface area contributed by atoms with Gasteiger partial charge in [0.05, 0.1) is 19.0 Å². The maximum Gasteiger partial charge on any atom is 0.204 e. The molecule has 30 heavy (non-hydrogen) atoms. The first kappa shape index (κ1) is 19.8. The standard InChI is InChI=1S/C24H23FN4O/c1-4-16-10-20(8-9-22(16)30-3)24(28-15(2)23(26)29-24)19-7-5-6-17(11-19)18-12-21(25)14-27-13-18/h5-14H,4H2,1-3H3,(H2,26,29). The fraction of sp³-hybridized carbons (Fsp3) is 0.208. The van der Waals surface area contributed by atoms with E-state index in [4.69, 9.17) is 20.5 Å². The van der Waals surface area contributed by atoms with E-state index in [1.807, 2.05) is 43.3 Å². The van der Waals surface area contributed by atoms with Gasteiger partial charge in [0.25, 0.3) is 0 Å². The Morgan fingerprint density at radius 3 is 2.47 bits per heavy atom. The molecule has 2 heterocycles. The number of aromatic nitrogens is 1. The Morgan fingerprint density at radius 1 is 1.00 bits per heavy atom. The van der Waals surface area contributed by atoms with Gasteiger partial charge in [0.1, 0.15) is 17.4 Å². The SMILES string of the molecule is CCc1cc(C2(c3cccc(-c4cncc(F)c4)c3)N=C(C)C(N)=N2)ccc1OC. The Hall–Kier alpha value is -3.54. The second-order valence-electron chi connectivity index (χ2n) is 7.22. The molecule has 0 fully saturated rings. The van der Waals surface area contributed by atoms with E-state index in [1.165, 1.54) is 12.3 Å². The van der Waals surface area contributed by atoms with Crippen LogP contribution in [0, 0.1) is 5.82 Å². The molecule has 3 aromatic rings. The number of benzene rings is 2. The topological polar surface area (TPSA) is 72.9 Å². The second-order valence-corrected chi connectivity index (χ2v) is 7.22. The third-order valence-electron chi connectivity index (χ3n) is 5.35. The quantitative estimate of drug-likeness (QED) is 0.683. The van der Waals surface area contributed by atoms with Gasteiger partial charge in [-0.2, -0.15) is 0 Å². The molecule has 4 rings (SSSR count). The van der Waals surface area contributed by atoms with Gasteiger partial charge in [0.2, 0.25) is 5.66 Å². The van der Waals surface area contributed by atoms with E-state index >= 15 is 0 Å². The van der Waals surface area contributed by atoms with Crippen LogP contribution in [-0.4, -0.2) is 23.6 Å². The maximum absolute atomic E-state index is 13.7. The lowest BCUT2D eigenvalue weighted by Gasteiger charge is -2.26. The van der Waals surface area contributed by atoms with Crippen LogP contribution >= 0.6 is 0 Å². The number of amidine groups is 1. The first-order valence-corrected chi connectivity index (χ1v) is 9.78. The molecule has 0 saturated heterocycles. The van der Waals surface area contributed by atoms with Gasteiger partial charge in [-0.3, -0.25) is 4.98 Å². The van der Waals surface area contributed by atoms with Crippen LogP contribution in [0.1, 0.15) is 30.5 Å². The van der Waals surface area contributed by atoms with Crippen molar-refractivity contribution in [2.75, 3.05) is 7.11 Å². The predicted octanol–water partition coefficient (Wildman–Crippen LogP) is 4.49. The average Bonchev–Trinajstić information content (AvgIpc) is 3.08. The van der Waals surface area contributed by atoms with Crippen molar-refractivity contribution >= 4 is 11.5 Å². The lowest BCUT2D eigenvalue weighted by atomic mass is 9.89. The number of rotatable bonds is 5. The summed E-state index contributed by atoms with van der Waals surface area (Å²) in [5.41, 5.74) is 10.2. The number of aliphatic imine (C=N–C) groups is 2. The van der Waals surface area contributed by atoms with E-state index in [0.29, 0.717) is 17.1 Å². The fourth-order valence-electron chi connectivity index (χ4n) is 3.76. The van der Waals surface area contributed by atoms with Crippen LogP contribution < -0.4 is 10.5 Å². The summed E-state index contributed by atoms with van der Waals surface area (Å²) in [6.45, 7) is 3.93. The van der Waals surface area contributed by atoms with E-state index in [0.717, 1.165) is 34.4 Å². The third kappa shape index (κ3) is 3.34. The molecular formula is C24H23FN4O. The molecule has 1 aliphatic heterocycles. The zero-order chi connectivity index (χ0) is 21.3. The highest BCUT2D eigenvalue weighted by molar-refractivity contribution is 6.41. The molecule has 0 bridgehead atoms. The Balaban J connectivity index is 1.91. The molecule has 1 unspecified atom stereocenters. The molecule has 0 spiro atoms. The minimum absolute atomic E-state index is 0.382. The number of aryl methyl sites for hydroxylation is 1. The smallest absolute Gasteiger partial charge is 0.204 e. The summed E-state index contributed by atoms with van der Waals surface area (Å²) in [6.07, 6.45) is 3.64. The lowest BCUT2D eigenvalue weighted by Crippen LogP contribution is -2.22. The van der Waals surface area contributed by atoms with E-state index < -0.39 is 5.66 Å². The van der Waals surface area contributed by atoms with Crippen LogP contribution in [0.3, 0.4) is 0 Å². The Morgan fingerprint density at radius 2 is 1.80 bits per heavy atom. The molecule has 0 amide bonds. The lowest BCUT2D eigenvalue weighted by molar-refractivity contribution is 0.409. The first-order valence-electron chi connectivity index (χ1n) is 9.78. The van der Waals surface area contributed by atoms with E-state index in [1.54, 1.807) is 13.3 Å². The summed E-state index contributed by atoms with van der Waals surface area (Å²) >= 11 is 0. The van der Waals surface area contributed by atoms with Crippen LogP contribution in [0.15, 0.2) is 70.9 Å². The zero-order valence-corrected chi connectivity index (χ0v) is 17.2. The predicted molar refractivity (Wildman–Crippen MR) is 118 cm³/mol. The van der Waals surface area contributed by atoms with Gasteiger partial charge < -0.3 is 10.5 Å². The summed E-state index contributed by atoms with van der Waals surface area (Å²) in [5, 5.41) is 0. The summed E-state index contributed by atoms with van der Waals surface area (Å²) in [5.74, 6) is 0.848. The molecule has 2 aromatic carbocycles.